The van der Waals surface area contributed by atoms with Gasteiger partial charge >= 0.3 is 0 Å². The Morgan fingerprint density at radius 3 is 2.92 bits per heavy atom. The zero-order valence-electron chi connectivity index (χ0n) is 22.7. The number of anilines is 2. The fourth-order valence-electron chi connectivity index (χ4n) is 5.89. The van der Waals surface area contributed by atoms with Crippen LogP contribution in [0.4, 0.5) is 15.8 Å². The van der Waals surface area contributed by atoms with E-state index in [1.54, 1.807) is 30.7 Å². The predicted molar refractivity (Wildman–Crippen MR) is 157 cm³/mol. The van der Waals surface area contributed by atoms with Crippen LogP contribution >= 0.6 is 0 Å². The minimum absolute atomic E-state index is 0.198. The molecular formula is C31H33FN6O2. The molecule has 4 heterocycles. The molecule has 2 atom stereocenters. The molecular weight excluding hydrogens is 507 g/mol. The number of halogens is 1. The first-order valence-electron chi connectivity index (χ1n) is 13.6. The maximum absolute atomic E-state index is 14.6. The Morgan fingerprint density at radius 1 is 1.18 bits per heavy atom. The molecule has 0 unspecified atom stereocenters. The van der Waals surface area contributed by atoms with E-state index in [2.05, 4.69) is 26.4 Å². The highest BCUT2D eigenvalue weighted by Crippen LogP contribution is 2.41. The minimum atomic E-state index is -0.261. The lowest BCUT2D eigenvalue weighted by atomic mass is 9.94. The summed E-state index contributed by atoms with van der Waals surface area (Å²) in [5.41, 5.74) is 14.4. The van der Waals surface area contributed by atoms with Gasteiger partial charge in [0.1, 0.15) is 12.9 Å². The molecule has 4 aromatic rings. The van der Waals surface area contributed by atoms with E-state index < -0.39 is 0 Å². The summed E-state index contributed by atoms with van der Waals surface area (Å²) in [6, 6.07) is 11.5. The molecule has 40 heavy (non-hydrogen) atoms. The smallest absolute Gasteiger partial charge is 0.124 e. The summed E-state index contributed by atoms with van der Waals surface area (Å²) in [5.74, 6) is -0.261. The number of rotatable bonds is 6. The molecule has 6 rings (SSSR count). The Bertz CT molecular complexity index is 1560. The van der Waals surface area contributed by atoms with E-state index in [9.17, 15) is 4.39 Å². The number of benzene rings is 2. The largest absolute Gasteiger partial charge is 0.399 e. The van der Waals surface area contributed by atoms with Crippen LogP contribution in [0.15, 0.2) is 60.1 Å². The van der Waals surface area contributed by atoms with Crippen molar-refractivity contribution in [3.8, 4) is 22.3 Å². The van der Waals surface area contributed by atoms with E-state index in [0.29, 0.717) is 12.1 Å². The first-order chi connectivity index (χ1) is 19.5. The van der Waals surface area contributed by atoms with Crippen molar-refractivity contribution in [1.82, 2.24) is 15.3 Å². The van der Waals surface area contributed by atoms with Crippen molar-refractivity contribution in [2.45, 2.75) is 31.9 Å². The molecule has 0 radical (unpaired) electrons. The van der Waals surface area contributed by atoms with Gasteiger partial charge in [0.05, 0.1) is 30.0 Å². The number of morpholine rings is 1. The van der Waals surface area contributed by atoms with Crippen molar-refractivity contribution >= 4 is 28.5 Å². The second-order valence-electron chi connectivity index (χ2n) is 10.4. The van der Waals surface area contributed by atoms with E-state index in [0.717, 1.165) is 82.6 Å². The van der Waals surface area contributed by atoms with E-state index in [1.807, 2.05) is 31.3 Å². The molecule has 0 amide bonds. The quantitative estimate of drug-likeness (QED) is 0.269. The number of nitrogens with zero attached hydrogens (tertiary/aromatic N) is 4. The molecule has 2 aromatic carbocycles. The number of piperidine rings is 1. The van der Waals surface area contributed by atoms with Crippen LogP contribution in [0.5, 0.6) is 0 Å². The van der Waals surface area contributed by atoms with Crippen molar-refractivity contribution in [1.29, 1.82) is 0 Å². The molecule has 0 bridgehead atoms. The Kier molecular flexibility index (Phi) is 7.32. The molecule has 9 heteroatoms. The van der Waals surface area contributed by atoms with Gasteiger partial charge < -0.3 is 25.5 Å². The molecule has 0 aliphatic carbocycles. The first-order valence-corrected chi connectivity index (χ1v) is 13.6. The van der Waals surface area contributed by atoms with Gasteiger partial charge in [-0.1, -0.05) is 17.3 Å². The lowest BCUT2D eigenvalue weighted by Crippen LogP contribution is -2.58. The number of aromatic nitrogens is 2. The third kappa shape index (κ3) is 5.10. The van der Waals surface area contributed by atoms with Gasteiger partial charge in [0.2, 0.25) is 0 Å². The number of hydrogen-bond donors (Lipinski definition) is 2. The summed E-state index contributed by atoms with van der Waals surface area (Å²) in [6.07, 6.45) is 8.69. The number of fused-ring (bicyclic) bond motifs is 2. The minimum Gasteiger partial charge on any atom is -0.399 e. The van der Waals surface area contributed by atoms with Gasteiger partial charge in [-0.3, -0.25) is 9.97 Å². The number of oxime groups is 1. The second-order valence-corrected chi connectivity index (χ2v) is 10.4. The maximum Gasteiger partial charge on any atom is 0.124 e. The molecule has 2 aliphatic rings. The van der Waals surface area contributed by atoms with Gasteiger partial charge in [0.15, 0.2) is 0 Å². The lowest BCUT2D eigenvalue weighted by molar-refractivity contribution is -0.0134. The van der Waals surface area contributed by atoms with Gasteiger partial charge in [-0.15, -0.1) is 0 Å². The summed E-state index contributed by atoms with van der Waals surface area (Å²) in [7, 11) is 1.51. The molecule has 2 aromatic heterocycles. The number of aryl methyl sites for hydroxylation is 1. The molecule has 2 fully saturated rings. The van der Waals surface area contributed by atoms with Gasteiger partial charge in [-0.05, 0) is 59.9 Å². The Hall–Kier alpha value is -4.08. The highest BCUT2D eigenvalue weighted by molar-refractivity contribution is 6.02. The number of nitrogens with two attached hydrogens (primary N) is 1. The van der Waals surface area contributed by atoms with Gasteiger partial charge in [-0.25, -0.2) is 4.39 Å². The number of ether oxygens (including phenoxy) is 1. The van der Waals surface area contributed by atoms with Crippen molar-refractivity contribution < 1.29 is 14.0 Å². The molecule has 0 saturated carbocycles. The Labute approximate surface area is 233 Å². The van der Waals surface area contributed by atoms with E-state index in [4.69, 9.17) is 20.3 Å². The first kappa shape index (κ1) is 26.2. The fourth-order valence-corrected chi connectivity index (χ4v) is 5.89. The van der Waals surface area contributed by atoms with Crippen LogP contribution in [0.3, 0.4) is 0 Å². The summed E-state index contributed by atoms with van der Waals surface area (Å²) >= 11 is 0. The van der Waals surface area contributed by atoms with Crippen molar-refractivity contribution in [3.63, 3.8) is 0 Å². The monoisotopic (exact) mass is 540 g/mol. The highest BCUT2D eigenvalue weighted by atomic mass is 19.1. The lowest BCUT2D eigenvalue weighted by Gasteiger charge is -2.43. The standard InChI is InChI=1S/C31H33FN6O2/c1-19-11-22(13-23(32)12-19)26-17-36-27-4-3-20(25-16-34-15-21(30(25)33)5-7-37-39-2)14-24(27)31(26)38-9-6-29-28(18-38)35-8-10-40-29/h3-4,7,11-17,28-29,35H,5-6,8-10,18H2,1-2H3,(H2,33,34)/b37-7+/t28-,29-/m1/s1. The van der Waals surface area contributed by atoms with Gasteiger partial charge in [-0.2, -0.15) is 0 Å². The number of pyridine rings is 2. The Balaban J connectivity index is 1.50. The number of nitrogens with one attached hydrogen (secondary N) is 1. The van der Waals surface area contributed by atoms with Crippen LogP contribution in [0.2, 0.25) is 0 Å². The highest BCUT2D eigenvalue weighted by Gasteiger charge is 2.33. The van der Waals surface area contributed by atoms with Crippen molar-refractivity contribution in [2.75, 3.05) is 44.0 Å². The maximum atomic E-state index is 14.6. The molecule has 3 N–H and O–H groups in total. The summed E-state index contributed by atoms with van der Waals surface area (Å²) in [5, 5.41) is 8.45. The SMILES string of the molecule is CO/N=C/Cc1cncc(-c2ccc3ncc(-c4cc(C)cc(F)c4)c(N4CC[C@H]5OCCN[C@@H]5C4)c3c2)c1N. The average molecular weight is 541 g/mol. The zero-order valence-corrected chi connectivity index (χ0v) is 22.7. The third-order valence-electron chi connectivity index (χ3n) is 7.77. The zero-order chi connectivity index (χ0) is 27.6. The van der Waals surface area contributed by atoms with Crippen molar-refractivity contribution in [3.05, 3.63) is 71.9 Å². The molecule has 206 valence electrons. The number of hydrogen-bond acceptors (Lipinski definition) is 8. The summed E-state index contributed by atoms with van der Waals surface area (Å²) in [6.45, 7) is 5.10. The van der Waals surface area contributed by atoms with Crippen LogP contribution in [0.1, 0.15) is 17.5 Å². The van der Waals surface area contributed by atoms with Crippen LogP contribution in [0.25, 0.3) is 33.2 Å². The van der Waals surface area contributed by atoms with Gasteiger partial charge in [0, 0.05) is 73.1 Å². The molecule has 2 saturated heterocycles. The summed E-state index contributed by atoms with van der Waals surface area (Å²) in [4.78, 5) is 16.4. The number of nitrogen functional groups attached to an aromatic ring is 1. The van der Waals surface area contributed by atoms with Crippen LogP contribution < -0.4 is 16.0 Å². The van der Waals surface area contributed by atoms with E-state index in [-0.39, 0.29) is 18.0 Å². The summed E-state index contributed by atoms with van der Waals surface area (Å²) < 4.78 is 20.7. The molecule has 8 nitrogen and oxygen atoms in total. The van der Waals surface area contributed by atoms with Gasteiger partial charge in [0.25, 0.3) is 0 Å². The van der Waals surface area contributed by atoms with Crippen LogP contribution in [-0.2, 0) is 16.0 Å². The fraction of sp³-hybridized carbons (Fsp3) is 0.323. The van der Waals surface area contributed by atoms with E-state index >= 15 is 0 Å². The van der Waals surface area contributed by atoms with Crippen LogP contribution in [0, 0.1) is 12.7 Å². The molecule has 0 spiro atoms. The second kappa shape index (κ2) is 11.2. The molecule has 2 aliphatic heterocycles. The predicted octanol–water partition coefficient (Wildman–Crippen LogP) is 4.74. The topological polar surface area (TPSA) is 97.9 Å². The third-order valence-corrected chi connectivity index (χ3v) is 7.77. The normalized spacial score (nSPS) is 19.2. The van der Waals surface area contributed by atoms with Crippen LogP contribution in [-0.4, -0.2) is 61.7 Å². The van der Waals surface area contributed by atoms with Crippen molar-refractivity contribution in [2.24, 2.45) is 5.16 Å². The Morgan fingerprint density at radius 2 is 2.08 bits per heavy atom. The average Bonchev–Trinajstić information content (AvgIpc) is 2.96. The van der Waals surface area contributed by atoms with E-state index in [1.165, 1.54) is 7.11 Å².